The lowest BCUT2D eigenvalue weighted by Crippen LogP contribution is -2.08. The fraction of sp³-hybridized carbons (Fsp3) is 0.500. The van der Waals surface area contributed by atoms with E-state index in [0.29, 0.717) is 6.61 Å². The molecular formula is C14H20O3. The third kappa shape index (κ3) is 5.50. The Morgan fingerprint density at radius 2 is 2.47 bits per heavy atom. The Bertz CT molecular complexity index is 326. The van der Waals surface area contributed by atoms with Gasteiger partial charge in [0, 0.05) is 6.08 Å². The third-order valence-electron chi connectivity index (χ3n) is 2.62. The van der Waals surface area contributed by atoms with Gasteiger partial charge >= 0.3 is 5.97 Å². The molecule has 1 aliphatic rings. The molecular weight excluding hydrogens is 216 g/mol. The van der Waals surface area contributed by atoms with Gasteiger partial charge in [-0.1, -0.05) is 24.3 Å². The van der Waals surface area contributed by atoms with Crippen molar-refractivity contribution in [3.8, 4) is 0 Å². The van der Waals surface area contributed by atoms with Crippen LogP contribution >= 0.6 is 0 Å². The number of ether oxygens (including phenoxy) is 1. The molecule has 0 amide bonds. The first-order valence-electron chi connectivity index (χ1n) is 6.11. The van der Waals surface area contributed by atoms with Gasteiger partial charge in [0.15, 0.2) is 0 Å². The largest absolute Gasteiger partial charge is 0.463 e. The maximum Gasteiger partial charge on any atom is 0.330 e. The standard InChI is InChI=1S/C14H20O3/c1-2-17-14(16)11-5-3-4-10-13(15)12-8-6-7-9-12/h5-8,11,13,15H,2-4,9-10H2,1H3/b11-5+. The van der Waals surface area contributed by atoms with Gasteiger partial charge in [-0.2, -0.15) is 0 Å². The average molecular weight is 236 g/mol. The summed E-state index contributed by atoms with van der Waals surface area (Å²) in [4.78, 5) is 11.0. The summed E-state index contributed by atoms with van der Waals surface area (Å²) in [7, 11) is 0. The van der Waals surface area contributed by atoms with Gasteiger partial charge in [-0.15, -0.1) is 0 Å². The summed E-state index contributed by atoms with van der Waals surface area (Å²) in [5.74, 6) is -0.296. The molecule has 0 spiro atoms. The Labute approximate surface area is 102 Å². The highest BCUT2D eigenvalue weighted by Crippen LogP contribution is 2.18. The van der Waals surface area contributed by atoms with E-state index >= 15 is 0 Å². The fourth-order valence-electron chi connectivity index (χ4n) is 1.70. The third-order valence-corrected chi connectivity index (χ3v) is 2.62. The molecule has 0 fully saturated rings. The molecule has 1 rings (SSSR count). The number of unbranched alkanes of at least 4 members (excludes halogenated alkanes) is 1. The number of hydrogen-bond donors (Lipinski definition) is 1. The van der Waals surface area contributed by atoms with Gasteiger partial charge in [-0.3, -0.25) is 0 Å². The summed E-state index contributed by atoms with van der Waals surface area (Å²) >= 11 is 0. The molecule has 1 aliphatic carbocycles. The summed E-state index contributed by atoms with van der Waals surface area (Å²) in [6, 6.07) is 0. The molecule has 3 nitrogen and oxygen atoms in total. The molecule has 0 aromatic rings. The van der Waals surface area contributed by atoms with Crippen LogP contribution in [-0.4, -0.2) is 23.8 Å². The Balaban J connectivity index is 2.09. The van der Waals surface area contributed by atoms with Crippen molar-refractivity contribution in [1.29, 1.82) is 0 Å². The van der Waals surface area contributed by atoms with E-state index in [1.165, 1.54) is 6.08 Å². The zero-order valence-corrected chi connectivity index (χ0v) is 10.3. The summed E-state index contributed by atoms with van der Waals surface area (Å²) in [6.45, 7) is 2.19. The maximum absolute atomic E-state index is 11.0. The van der Waals surface area contributed by atoms with Crippen molar-refractivity contribution < 1.29 is 14.6 Å². The van der Waals surface area contributed by atoms with E-state index in [1.54, 1.807) is 13.0 Å². The highest BCUT2D eigenvalue weighted by Gasteiger charge is 2.10. The van der Waals surface area contributed by atoms with E-state index in [9.17, 15) is 9.90 Å². The first-order valence-corrected chi connectivity index (χ1v) is 6.11. The van der Waals surface area contributed by atoms with E-state index < -0.39 is 0 Å². The maximum atomic E-state index is 11.0. The molecule has 0 bridgehead atoms. The molecule has 0 saturated heterocycles. The number of rotatable bonds is 7. The lowest BCUT2D eigenvalue weighted by Gasteiger charge is -2.10. The van der Waals surface area contributed by atoms with E-state index in [-0.39, 0.29) is 12.1 Å². The predicted octanol–water partition coefficient (Wildman–Crippen LogP) is 2.52. The van der Waals surface area contributed by atoms with Gasteiger partial charge < -0.3 is 9.84 Å². The molecule has 94 valence electrons. The molecule has 3 heteroatoms. The molecule has 0 aromatic heterocycles. The van der Waals surface area contributed by atoms with Crippen molar-refractivity contribution in [1.82, 2.24) is 0 Å². The number of esters is 1. The van der Waals surface area contributed by atoms with Crippen molar-refractivity contribution in [3.63, 3.8) is 0 Å². The topological polar surface area (TPSA) is 46.5 Å². The zero-order valence-electron chi connectivity index (χ0n) is 10.3. The zero-order chi connectivity index (χ0) is 12.5. The Morgan fingerprint density at radius 1 is 1.65 bits per heavy atom. The minimum atomic E-state index is -0.346. The van der Waals surface area contributed by atoms with E-state index in [4.69, 9.17) is 4.74 Å². The van der Waals surface area contributed by atoms with Crippen molar-refractivity contribution in [2.24, 2.45) is 0 Å². The van der Waals surface area contributed by atoms with Crippen LogP contribution in [0.1, 0.15) is 32.6 Å². The number of allylic oxidation sites excluding steroid dienone is 4. The van der Waals surface area contributed by atoms with Crippen LogP contribution in [0.2, 0.25) is 0 Å². The second-order valence-corrected chi connectivity index (χ2v) is 3.97. The SMILES string of the molecule is CCOC(=O)/C=C/CCCC(O)C1=CC=CC1. The van der Waals surface area contributed by atoms with Crippen LogP contribution in [0.15, 0.2) is 36.0 Å². The van der Waals surface area contributed by atoms with Crippen molar-refractivity contribution in [2.45, 2.75) is 38.7 Å². The first kappa shape index (κ1) is 13.7. The average Bonchev–Trinajstić information content (AvgIpc) is 2.82. The van der Waals surface area contributed by atoms with E-state index in [2.05, 4.69) is 0 Å². The normalized spacial score (nSPS) is 16.2. The van der Waals surface area contributed by atoms with Crippen LogP contribution < -0.4 is 0 Å². The van der Waals surface area contributed by atoms with Crippen LogP contribution in [-0.2, 0) is 9.53 Å². The minimum absolute atomic E-state index is 0.296. The van der Waals surface area contributed by atoms with Gasteiger partial charge in [0.05, 0.1) is 12.7 Å². The van der Waals surface area contributed by atoms with Crippen LogP contribution in [0.25, 0.3) is 0 Å². The fourth-order valence-corrected chi connectivity index (χ4v) is 1.70. The smallest absolute Gasteiger partial charge is 0.330 e. The quantitative estimate of drug-likeness (QED) is 0.420. The predicted molar refractivity (Wildman–Crippen MR) is 67.5 cm³/mol. The number of aliphatic hydroxyl groups is 1. The number of carbonyl (C=O) groups is 1. The van der Waals surface area contributed by atoms with E-state index in [0.717, 1.165) is 31.3 Å². The van der Waals surface area contributed by atoms with Crippen LogP contribution in [0, 0.1) is 0 Å². The highest BCUT2D eigenvalue weighted by atomic mass is 16.5. The van der Waals surface area contributed by atoms with E-state index in [1.807, 2.05) is 18.2 Å². The second kappa shape index (κ2) is 7.85. The second-order valence-electron chi connectivity index (χ2n) is 3.97. The van der Waals surface area contributed by atoms with Gasteiger partial charge in [-0.25, -0.2) is 4.79 Å². The van der Waals surface area contributed by atoms with Gasteiger partial charge in [0.25, 0.3) is 0 Å². The molecule has 0 saturated carbocycles. The van der Waals surface area contributed by atoms with Crippen molar-refractivity contribution in [3.05, 3.63) is 36.0 Å². The van der Waals surface area contributed by atoms with Crippen LogP contribution in [0.3, 0.4) is 0 Å². The Hall–Kier alpha value is -1.35. The van der Waals surface area contributed by atoms with Crippen LogP contribution in [0.4, 0.5) is 0 Å². The molecule has 1 N–H and O–H groups in total. The molecule has 0 aromatic carbocycles. The van der Waals surface area contributed by atoms with Crippen molar-refractivity contribution >= 4 is 5.97 Å². The van der Waals surface area contributed by atoms with Gasteiger partial charge in [0.2, 0.25) is 0 Å². The number of hydrogen-bond acceptors (Lipinski definition) is 3. The monoisotopic (exact) mass is 236 g/mol. The molecule has 0 heterocycles. The molecule has 1 unspecified atom stereocenters. The summed E-state index contributed by atoms with van der Waals surface area (Å²) < 4.78 is 4.76. The minimum Gasteiger partial charge on any atom is -0.463 e. The number of carbonyl (C=O) groups excluding carboxylic acids is 1. The number of aliphatic hydroxyl groups excluding tert-OH is 1. The highest BCUT2D eigenvalue weighted by molar-refractivity contribution is 5.81. The summed E-state index contributed by atoms with van der Waals surface area (Å²) in [5.41, 5.74) is 1.08. The summed E-state index contributed by atoms with van der Waals surface area (Å²) in [6.07, 6.45) is 12.1. The molecule has 0 aliphatic heterocycles. The Morgan fingerprint density at radius 3 is 3.12 bits per heavy atom. The lowest BCUT2D eigenvalue weighted by atomic mass is 10.0. The lowest BCUT2D eigenvalue weighted by molar-refractivity contribution is -0.137. The van der Waals surface area contributed by atoms with Gasteiger partial charge in [0.1, 0.15) is 0 Å². The Kier molecular flexibility index (Phi) is 6.33. The summed E-state index contributed by atoms with van der Waals surface area (Å²) in [5, 5.41) is 9.82. The molecule has 17 heavy (non-hydrogen) atoms. The van der Waals surface area contributed by atoms with Crippen LogP contribution in [0.5, 0.6) is 0 Å². The van der Waals surface area contributed by atoms with Crippen molar-refractivity contribution in [2.75, 3.05) is 6.61 Å². The molecule has 0 radical (unpaired) electrons. The molecule has 1 atom stereocenters. The first-order chi connectivity index (χ1) is 8.24. The van der Waals surface area contributed by atoms with Gasteiger partial charge in [-0.05, 0) is 38.2 Å².